The molecule has 0 aliphatic rings. The molecule has 0 spiro atoms. The lowest BCUT2D eigenvalue weighted by atomic mass is 10.2. The van der Waals surface area contributed by atoms with Crippen molar-refractivity contribution in [2.24, 2.45) is 0 Å². The Balaban J connectivity index is 1.92. The lowest BCUT2D eigenvalue weighted by Gasteiger charge is -2.01. The number of anilines is 2. The van der Waals surface area contributed by atoms with Crippen LogP contribution in [0.4, 0.5) is 11.6 Å². The number of hydrogen-bond donors (Lipinski definition) is 2. The van der Waals surface area contributed by atoms with Crippen LogP contribution in [0, 0.1) is 6.92 Å². The van der Waals surface area contributed by atoms with Gasteiger partial charge in [0.25, 0.3) is 0 Å². The quantitative estimate of drug-likeness (QED) is 0.720. The van der Waals surface area contributed by atoms with E-state index in [-0.39, 0.29) is 0 Å². The Morgan fingerprint density at radius 1 is 1.11 bits per heavy atom. The molecule has 0 fully saturated rings. The Bertz CT molecular complexity index is 686. The number of nitrogens with zero attached hydrogens (tertiary/aromatic N) is 1. The second-order valence-electron chi connectivity index (χ2n) is 4.24. The summed E-state index contributed by atoms with van der Waals surface area (Å²) in [5, 5.41) is 3.94. The molecule has 3 aromatic rings. The molecule has 1 heterocycles. The van der Waals surface area contributed by atoms with E-state index < -0.39 is 0 Å². The molecule has 0 aliphatic carbocycles. The second-order valence-corrected chi connectivity index (χ2v) is 4.67. The van der Waals surface area contributed by atoms with Crippen molar-refractivity contribution in [2.45, 2.75) is 6.92 Å². The van der Waals surface area contributed by atoms with Gasteiger partial charge < -0.3 is 10.3 Å². The van der Waals surface area contributed by atoms with Crippen molar-refractivity contribution in [1.29, 1.82) is 0 Å². The van der Waals surface area contributed by atoms with Gasteiger partial charge in [0.2, 0.25) is 5.95 Å². The summed E-state index contributed by atoms with van der Waals surface area (Å²) in [6.45, 7) is 2.06. The van der Waals surface area contributed by atoms with Crippen LogP contribution in [0.1, 0.15) is 5.56 Å². The number of benzene rings is 2. The number of aromatic nitrogens is 2. The number of halogens is 1. The first-order chi connectivity index (χ1) is 8.70. The predicted octanol–water partition coefficient (Wildman–Crippen LogP) is 4.27. The Hall–Kier alpha value is -2.00. The Morgan fingerprint density at radius 3 is 2.67 bits per heavy atom. The molecular weight excluding hydrogens is 246 g/mol. The van der Waals surface area contributed by atoms with Crippen molar-refractivity contribution in [3.8, 4) is 0 Å². The van der Waals surface area contributed by atoms with E-state index in [2.05, 4.69) is 34.3 Å². The first-order valence-electron chi connectivity index (χ1n) is 5.70. The van der Waals surface area contributed by atoms with Crippen molar-refractivity contribution in [1.82, 2.24) is 9.97 Å². The third kappa shape index (κ3) is 2.17. The molecule has 0 aliphatic heterocycles. The van der Waals surface area contributed by atoms with Crippen molar-refractivity contribution < 1.29 is 0 Å². The van der Waals surface area contributed by atoms with Crippen molar-refractivity contribution in [3.63, 3.8) is 0 Å². The highest BCUT2D eigenvalue weighted by atomic mass is 35.5. The predicted molar refractivity (Wildman–Crippen MR) is 75.6 cm³/mol. The second kappa shape index (κ2) is 4.35. The number of fused-ring (bicyclic) bond motifs is 1. The number of nitrogens with one attached hydrogen (secondary N) is 2. The minimum atomic E-state index is 0.723. The van der Waals surface area contributed by atoms with Crippen molar-refractivity contribution >= 4 is 34.3 Å². The summed E-state index contributed by atoms with van der Waals surface area (Å²) < 4.78 is 0. The number of hydrogen-bond acceptors (Lipinski definition) is 2. The molecule has 0 unspecified atom stereocenters. The van der Waals surface area contributed by atoms with Gasteiger partial charge in [-0.25, -0.2) is 4.98 Å². The van der Waals surface area contributed by atoms with Gasteiger partial charge in [0.15, 0.2) is 0 Å². The molecule has 4 heteroatoms. The van der Waals surface area contributed by atoms with E-state index in [1.807, 2.05) is 30.3 Å². The third-order valence-corrected chi connectivity index (χ3v) is 3.00. The van der Waals surface area contributed by atoms with Gasteiger partial charge in [0, 0.05) is 10.7 Å². The van der Waals surface area contributed by atoms with E-state index in [0.717, 1.165) is 27.7 Å². The molecule has 0 saturated heterocycles. The summed E-state index contributed by atoms with van der Waals surface area (Å²) in [7, 11) is 0. The van der Waals surface area contributed by atoms with Crippen LogP contribution in [0.5, 0.6) is 0 Å². The highest BCUT2D eigenvalue weighted by molar-refractivity contribution is 6.30. The molecule has 18 heavy (non-hydrogen) atoms. The molecule has 0 radical (unpaired) electrons. The monoisotopic (exact) mass is 257 g/mol. The Labute approximate surface area is 110 Å². The molecule has 3 nitrogen and oxygen atoms in total. The van der Waals surface area contributed by atoms with Crippen LogP contribution in [0.25, 0.3) is 11.0 Å². The zero-order valence-electron chi connectivity index (χ0n) is 9.87. The number of H-pyrrole nitrogens is 1. The van der Waals surface area contributed by atoms with E-state index in [4.69, 9.17) is 11.6 Å². The van der Waals surface area contributed by atoms with Crippen LogP contribution < -0.4 is 5.32 Å². The summed E-state index contributed by atoms with van der Waals surface area (Å²) in [6.07, 6.45) is 0. The van der Waals surface area contributed by atoms with Gasteiger partial charge in [-0.3, -0.25) is 0 Å². The molecule has 1 aromatic heterocycles. The van der Waals surface area contributed by atoms with E-state index in [1.165, 1.54) is 5.56 Å². The van der Waals surface area contributed by atoms with Gasteiger partial charge in [-0.15, -0.1) is 0 Å². The maximum absolute atomic E-state index is 5.85. The van der Waals surface area contributed by atoms with Crippen LogP contribution in [-0.2, 0) is 0 Å². The van der Waals surface area contributed by atoms with Crippen LogP contribution >= 0.6 is 11.6 Å². The number of rotatable bonds is 2. The maximum atomic E-state index is 5.85. The van der Waals surface area contributed by atoms with Crippen molar-refractivity contribution in [3.05, 3.63) is 53.1 Å². The lowest BCUT2D eigenvalue weighted by molar-refractivity contribution is 1.31. The molecule has 2 N–H and O–H groups in total. The number of imidazole rings is 1. The molecular formula is C14H12ClN3. The van der Waals surface area contributed by atoms with Crippen LogP contribution in [0.3, 0.4) is 0 Å². The summed E-state index contributed by atoms with van der Waals surface area (Å²) >= 11 is 5.85. The van der Waals surface area contributed by atoms with Gasteiger partial charge >= 0.3 is 0 Å². The van der Waals surface area contributed by atoms with E-state index in [0.29, 0.717) is 0 Å². The van der Waals surface area contributed by atoms with Crippen LogP contribution in [0.15, 0.2) is 42.5 Å². The van der Waals surface area contributed by atoms with Crippen LogP contribution in [-0.4, -0.2) is 9.97 Å². The molecule has 0 saturated carbocycles. The molecule has 3 rings (SSSR count). The average Bonchev–Trinajstić information content (AvgIpc) is 2.73. The Kier molecular flexibility index (Phi) is 2.68. The maximum Gasteiger partial charge on any atom is 0.205 e. The fourth-order valence-corrected chi connectivity index (χ4v) is 1.98. The van der Waals surface area contributed by atoms with Crippen molar-refractivity contribution in [2.75, 3.05) is 5.32 Å². The zero-order chi connectivity index (χ0) is 12.5. The average molecular weight is 258 g/mol. The van der Waals surface area contributed by atoms with Gasteiger partial charge in [-0.1, -0.05) is 17.7 Å². The van der Waals surface area contributed by atoms with Gasteiger partial charge in [0.05, 0.1) is 11.0 Å². The van der Waals surface area contributed by atoms with Gasteiger partial charge in [0.1, 0.15) is 0 Å². The molecule has 2 aromatic carbocycles. The number of aryl methyl sites for hydroxylation is 1. The summed E-state index contributed by atoms with van der Waals surface area (Å²) in [6, 6.07) is 13.7. The molecule has 90 valence electrons. The zero-order valence-corrected chi connectivity index (χ0v) is 10.6. The molecule has 0 amide bonds. The van der Waals surface area contributed by atoms with Gasteiger partial charge in [-0.05, 0) is 48.9 Å². The minimum absolute atomic E-state index is 0.723. The third-order valence-electron chi connectivity index (χ3n) is 2.74. The summed E-state index contributed by atoms with van der Waals surface area (Å²) in [5.41, 5.74) is 4.16. The van der Waals surface area contributed by atoms with Crippen LogP contribution in [0.2, 0.25) is 5.02 Å². The normalized spacial score (nSPS) is 10.8. The summed E-state index contributed by atoms with van der Waals surface area (Å²) in [5.74, 6) is 0.734. The fraction of sp³-hybridized carbons (Fsp3) is 0.0714. The SMILES string of the molecule is Cc1ccc2nc(Nc3ccc(Cl)cc3)[nH]c2c1. The highest BCUT2D eigenvalue weighted by Gasteiger charge is 2.02. The fourth-order valence-electron chi connectivity index (χ4n) is 1.85. The smallest absolute Gasteiger partial charge is 0.205 e. The highest BCUT2D eigenvalue weighted by Crippen LogP contribution is 2.20. The minimum Gasteiger partial charge on any atom is -0.326 e. The topological polar surface area (TPSA) is 40.7 Å². The van der Waals surface area contributed by atoms with Gasteiger partial charge in [-0.2, -0.15) is 0 Å². The molecule has 0 bridgehead atoms. The first-order valence-corrected chi connectivity index (χ1v) is 6.07. The molecule has 0 atom stereocenters. The summed E-state index contributed by atoms with van der Waals surface area (Å²) in [4.78, 5) is 7.72. The van der Waals surface area contributed by atoms with E-state index >= 15 is 0 Å². The standard InChI is InChI=1S/C14H12ClN3/c1-9-2-7-12-13(8-9)18-14(17-12)16-11-5-3-10(15)4-6-11/h2-8H,1H3,(H2,16,17,18). The number of aromatic amines is 1. The largest absolute Gasteiger partial charge is 0.326 e. The Morgan fingerprint density at radius 2 is 1.89 bits per heavy atom. The van der Waals surface area contributed by atoms with E-state index in [1.54, 1.807) is 0 Å². The lowest BCUT2D eigenvalue weighted by Crippen LogP contribution is -1.91. The van der Waals surface area contributed by atoms with E-state index in [9.17, 15) is 0 Å². The first kappa shape index (κ1) is 11.1.